The smallest absolute Gasteiger partial charge is 0.326 e. The first-order chi connectivity index (χ1) is 16.5. The summed E-state index contributed by atoms with van der Waals surface area (Å²) in [5.74, 6) is -0.128. The van der Waals surface area contributed by atoms with Gasteiger partial charge in [0.15, 0.2) is 0 Å². The Labute approximate surface area is 199 Å². The number of nitrogens with one attached hydrogen (secondary N) is 2. The maximum Gasteiger partial charge on any atom is 0.326 e. The lowest BCUT2D eigenvalue weighted by molar-refractivity contribution is -0.133. The van der Waals surface area contributed by atoms with Crippen molar-refractivity contribution in [2.75, 3.05) is 6.67 Å². The molecule has 1 spiro atoms. The van der Waals surface area contributed by atoms with Crippen LogP contribution in [0.2, 0.25) is 0 Å². The number of benzene rings is 2. The van der Waals surface area contributed by atoms with Crippen molar-refractivity contribution < 1.29 is 14.4 Å². The highest BCUT2D eigenvalue weighted by atomic mass is 16.2. The molecule has 0 radical (unpaired) electrons. The molecule has 2 aromatic carbocycles. The quantitative estimate of drug-likeness (QED) is 0.625. The van der Waals surface area contributed by atoms with Crippen molar-refractivity contribution in [2.45, 2.75) is 69.1 Å². The van der Waals surface area contributed by atoms with Crippen LogP contribution in [0.15, 0.2) is 48.5 Å². The molecule has 34 heavy (non-hydrogen) atoms. The summed E-state index contributed by atoms with van der Waals surface area (Å²) >= 11 is 0. The summed E-state index contributed by atoms with van der Waals surface area (Å²) in [5, 5.41) is 6.06. The SMILES string of the molecule is O=C(NC1CC1)c1ccc(CN(CN2C(=O)NC3(CCc4ccccc4C3)C2=O)C2CC2)cc1. The van der Waals surface area contributed by atoms with Crippen LogP contribution >= 0.6 is 0 Å². The Morgan fingerprint density at radius 2 is 1.76 bits per heavy atom. The Kier molecular flexibility index (Phi) is 5.17. The molecule has 176 valence electrons. The number of hydrogen-bond donors (Lipinski definition) is 2. The van der Waals surface area contributed by atoms with Gasteiger partial charge in [-0.05, 0) is 67.3 Å². The van der Waals surface area contributed by atoms with E-state index in [0.717, 1.165) is 43.2 Å². The van der Waals surface area contributed by atoms with Crippen molar-refractivity contribution in [3.05, 3.63) is 70.8 Å². The van der Waals surface area contributed by atoms with Crippen molar-refractivity contribution in [1.82, 2.24) is 20.4 Å². The van der Waals surface area contributed by atoms with Gasteiger partial charge in [-0.15, -0.1) is 0 Å². The van der Waals surface area contributed by atoms with Gasteiger partial charge < -0.3 is 10.6 Å². The van der Waals surface area contributed by atoms with Crippen molar-refractivity contribution in [1.29, 1.82) is 0 Å². The first kappa shape index (κ1) is 21.4. The molecule has 1 heterocycles. The van der Waals surface area contributed by atoms with Crippen molar-refractivity contribution >= 4 is 17.8 Å². The first-order valence-electron chi connectivity index (χ1n) is 12.4. The molecule has 3 aliphatic carbocycles. The standard InChI is InChI=1S/C27H30N4O3/c32-24(28-22-9-10-22)20-7-5-18(6-8-20)16-30(23-11-12-23)17-31-25(33)27(29-26(31)34)14-13-19-3-1-2-4-21(19)15-27/h1-8,22-23H,9-17H2,(H,28,32)(H,29,34). The number of nitrogens with zero attached hydrogens (tertiary/aromatic N) is 2. The summed E-state index contributed by atoms with van der Waals surface area (Å²) in [6.45, 7) is 0.935. The number of rotatable bonds is 7. The van der Waals surface area contributed by atoms with Crippen LogP contribution in [0, 0.1) is 0 Å². The number of carbonyl (C=O) groups is 3. The lowest BCUT2D eigenvalue weighted by Crippen LogP contribution is -2.51. The van der Waals surface area contributed by atoms with E-state index in [1.807, 2.05) is 36.4 Å². The van der Waals surface area contributed by atoms with E-state index in [1.165, 1.54) is 10.5 Å². The van der Waals surface area contributed by atoms with Crippen molar-refractivity contribution in [2.24, 2.45) is 0 Å². The second kappa shape index (κ2) is 8.24. The third-order valence-electron chi connectivity index (χ3n) is 7.58. The molecule has 7 heteroatoms. The summed E-state index contributed by atoms with van der Waals surface area (Å²) in [4.78, 5) is 42.3. The number of hydrogen-bond acceptors (Lipinski definition) is 4. The average Bonchev–Trinajstić information content (AvgIpc) is 3.76. The van der Waals surface area contributed by atoms with Gasteiger partial charge in [-0.3, -0.25) is 14.5 Å². The predicted molar refractivity (Wildman–Crippen MR) is 127 cm³/mol. The molecule has 1 atom stereocenters. The van der Waals surface area contributed by atoms with Gasteiger partial charge >= 0.3 is 6.03 Å². The lowest BCUT2D eigenvalue weighted by atomic mass is 9.78. The van der Waals surface area contributed by atoms with Gasteiger partial charge in [-0.2, -0.15) is 0 Å². The average molecular weight is 459 g/mol. The Morgan fingerprint density at radius 3 is 2.47 bits per heavy atom. The van der Waals surface area contributed by atoms with Crippen LogP contribution in [0.5, 0.6) is 0 Å². The molecule has 3 fully saturated rings. The fourth-order valence-corrected chi connectivity index (χ4v) is 5.24. The molecule has 1 aliphatic heterocycles. The largest absolute Gasteiger partial charge is 0.349 e. The minimum absolute atomic E-state index is 0.0215. The summed E-state index contributed by atoms with van der Waals surface area (Å²) in [5.41, 5.74) is 3.33. The molecule has 6 rings (SSSR count). The van der Waals surface area contributed by atoms with Crippen LogP contribution in [0.3, 0.4) is 0 Å². The Balaban J connectivity index is 1.14. The number of carbonyl (C=O) groups excluding carboxylic acids is 3. The monoisotopic (exact) mass is 458 g/mol. The van der Waals surface area contributed by atoms with Crippen LogP contribution in [-0.4, -0.2) is 51.9 Å². The molecule has 2 aromatic rings. The zero-order valence-corrected chi connectivity index (χ0v) is 19.3. The van der Waals surface area contributed by atoms with E-state index in [1.54, 1.807) is 0 Å². The molecule has 1 saturated heterocycles. The van der Waals surface area contributed by atoms with E-state index in [9.17, 15) is 14.4 Å². The maximum absolute atomic E-state index is 13.5. The van der Waals surface area contributed by atoms with Gasteiger partial charge in [0.25, 0.3) is 11.8 Å². The van der Waals surface area contributed by atoms with Gasteiger partial charge in [0.2, 0.25) is 0 Å². The second-order valence-electron chi connectivity index (χ2n) is 10.3. The zero-order valence-electron chi connectivity index (χ0n) is 19.3. The third-order valence-corrected chi connectivity index (χ3v) is 7.58. The van der Waals surface area contributed by atoms with E-state index in [-0.39, 0.29) is 17.8 Å². The second-order valence-corrected chi connectivity index (χ2v) is 10.3. The Morgan fingerprint density at radius 1 is 1.03 bits per heavy atom. The van der Waals surface area contributed by atoms with Gasteiger partial charge in [-0.1, -0.05) is 36.4 Å². The zero-order chi connectivity index (χ0) is 23.3. The highest BCUT2D eigenvalue weighted by Crippen LogP contribution is 2.35. The number of imide groups is 1. The fourth-order valence-electron chi connectivity index (χ4n) is 5.24. The van der Waals surface area contributed by atoms with Crippen molar-refractivity contribution in [3.63, 3.8) is 0 Å². The Bertz CT molecular complexity index is 1140. The molecule has 2 saturated carbocycles. The predicted octanol–water partition coefficient (Wildman–Crippen LogP) is 2.98. The summed E-state index contributed by atoms with van der Waals surface area (Å²) in [6, 6.07) is 16.3. The molecule has 0 bridgehead atoms. The molecule has 0 aromatic heterocycles. The maximum atomic E-state index is 13.5. The normalized spacial score (nSPS) is 23.9. The van der Waals surface area contributed by atoms with E-state index in [0.29, 0.717) is 43.7 Å². The van der Waals surface area contributed by atoms with Crippen LogP contribution in [0.1, 0.15) is 59.2 Å². The third kappa shape index (κ3) is 4.09. The minimum Gasteiger partial charge on any atom is -0.349 e. The lowest BCUT2D eigenvalue weighted by Gasteiger charge is -2.33. The summed E-state index contributed by atoms with van der Waals surface area (Å²) in [7, 11) is 0. The van der Waals surface area contributed by atoms with E-state index in [2.05, 4.69) is 27.7 Å². The summed E-state index contributed by atoms with van der Waals surface area (Å²) in [6.07, 6.45) is 6.27. The van der Waals surface area contributed by atoms with E-state index >= 15 is 0 Å². The number of aryl methyl sites for hydroxylation is 1. The number of amides is 4. The van der Waals surface area contributed by atoms with Gasteiger partial charge in [0.1, 0.15) is 5.54 Å². The first-order valence-corrected chi connectivity index (χ1v) is 12.4. The number of fused-ring (bicyclic) bond motifs is 1. The van der Waals surface area contributed by atoms with E-state index < -0.39 is 5.54 Å². The topological polar surface area (TPSA) is 81.8 Å². The van der Waals surface area contributed by atoms with Gasteiger partial charge in [0, 0.05) is 30.6 Å². The van der Waals surface area contributed by atoms with Crippen molar-refractivity contribution in [3.8, 4) is 0 Å². The molecule has 4 aliphatic rings. The van der Waals surface area contributed by atoms with Crippen LogP contribution in [0.4, 0.5) is 4.79 Å². The summed E-state index contributed by atoms with van der Waals surface area (Å²) < 4.78 is 0. The molecule has 2 N–H and O–H groups in total. The highest BCUT2D eigenvalue weighted by molar-refractivity contribution is 6.07. The van der Waals surface area contributed by atoms with Crippen LogP contribution < -0.4 is 10.6 Å². The minimum atomic E-state index is -0.822. The Hall–Kier alpha value is -3.19. The molecule has 1 unspecified atom stereocenters. The molecule has 4 amide bonds. The fraction of sp³-hybridized carbons (Fsp3) is 0.444. The highest BCUT2D eigenvalue weighted by Gasteiger charge is 2.53. The van der Waals surface area contributed by atoms with E-state index in [4.69, 9.17) is 0 Å². The van der Waals surface area contributed by atoms with Gasteiger partial charge in [-0.25, -0.2) is 9.69 Å². The molecule has 7 nitrogen and oxygen atoms in total. The molecular weight excluding hydrogens is 428 g/mol. The number of urea groups is 1. The molecular formula is C27H30N4O3. The van der Waals surface area contributed by atoms with Crippen LogP contribution in [0.25, 0.3) is 0 Å². The van der Waals surface area contributed by atoms with Crippen LogP contribution in [-0.2, 0) is 24.2 Å². The van der Waals surface area contributed by atoms with Gasteiger partial charge in [0.05, 0.1) is 6.67 Å².